The number of thioether (sulfide) groups is 1. The lowest BCUT2D eigenvalue weighted by Gasteiger charge is -2.16. The number of anilines is 2. The Balaban J connectivity index is 1.50. The summed E-state index contributed by atoms with van der Waals surface area (Å²) in [6, 6.07) is 30.4. The van der Waals surface area contributed by atoms with Crippen molar-refractivity contribution in [1.29, 1.82) is 0 Å². The van der Waals surface area contributed by atoms with Crippen molar-refractivity contribution in [3.05, 3.63) is 129 Å². The van der Waals surface area contributed by atoms with E-state index in [2.05, 4.69) is 31.9 Å². The summed E-state index contributed by atoms with van der Waals surface area (Å²) in [5.41, 5.74) is 2.33. The lowest BCUT2D eigenvalue weighted by atomic mass is 10.1. The van der Waals surface area contributed by atoms with Gasteiger partial charge in [0, 0.05) is 20.6 Å². The molecule has 208 valence electrons. The Kier molecular flexibility index (Phi) is 10.8. The molecule has 6 nitrogen and oxygen atoms in total. The van der Waals surface area contributed by atoms with Gasteiger partial charge in [0.1, 0.15) is 5.70 Å². The Hall–Kier alpha value is -3.85. The molecule has 0 fully saturated rings. The second kappa shape index (κ2) is 14.7. The summed E-state index contributed by atoms with van der Waals surface area (Å²) in [7, 11) is 0. The van der Waals surface area contributed by atoms with Crippen molar-refractivity contribution in [2.24, 2.45) is 0 Å². The quantitative estimate of drug-likeness (QED) is 0.120. The van der Waals surface area contributed by atoms with E-state index in [9.17, 15) is 14.4 Å². The van der Waals surface area contributed by atoms with Gasteiger partial charge in [-0.25, -0.2) is 0 Å². The highest BCUT2D eigenvalue weighted by Gasteiger charge is 2.20. The minimum atomic E-state index is -0.486. The molecule has 0 spiro atoms. The normalized spacial score (nSPS) is 11.8. The zero-order valence-corrected chi connectivity index (χ0v) is 25.2. The van der Waals surface area contributed by atoms with Gasteiger partial charge in [0.2, 0.25) is 5.91 Å². The highest BCUT2D eigenvalue weighted by molar-refractivity contribution is 9.10. The van der Waals surface area contributed by atoms with Crippen LogP contribution in [0.15, 0.2) is 118 Å². The number of carbonyl (C=O) groups is 3. The van der Waals surface area contributed by atoms with E-state index in [1.165, 1.54) is 11.8 Å². The molecular formula is C32H27BrClN3O3S. The lowest BCUT2D eigenvalue weighted by Crippen LogP contribution is -2.30. The molecule has 0 saturated carbocycles. The summed E-state index contributed by atoms with van der Waals surface area (Å²) in [5.74, 6) is -1.05. The number of amides is 3. The zero-order chi connectivity index (χ0) is 29.2. The summed E-state index contributed by atoms with van der Waals surface area (Å²) in [6.45, 7) is 1.93. The maximum absolute atomic E-state index is 13.4. The van der Waals surface area contributed by atoms with Crippen LogP contribution in [0.2, 0.25) is 5.02 Å². The molecule has 3 amide bonds. The van der Waals surface area contributed by atoms with Gasteiger partial charge >= 0.3 is 0 Å². The molecule has 3 N–H and O–H groups in total. The molecule has 0 heterocycles. The first-order valence-electron chi connectivity index (χ1n) is 12.8. The number of benzene rings is 4. The first-order valence-corrected chi connectivity index (χ1v) is 14.8. The first kappa shape index (κ1) is 30.1. The van der Waals surface area contributed by atoms with E-state index < -0.39 is 11.8 Å². The van der Waals surface area contributed by atoms with Crippen LogP contribution in [0.1, 0.15) is 29.3 Å². The Bertz CT molecular complexity index is 1580. The van der Waals surface area contributed by atoms with Crippen molar-refractivity contribution in [3.8, 4) is 0 Å². The van der Waals surface area contributed by atoms with E-state index in [-0.39, 0.29) is 16.9 Å². The molecule has 41 heavy (non-hydrogen) atoms. The number of hydrogen-bond donors (Lipinski definition) is 3. The summed E-state index contributed by atoms with van der Waals surface area (Å²) >= 11 is 11.0. The van der Waals surface area contributed by atoms with E-state index in [0.29, 0.717) is 28.4 Å². The smallest absolute Gasteiger partial charge is 0.272 e. The molecule has 0 aliphatic heterocycles. The van der Waals surface area contributed by atoms with E-state index in [4.69, 9.17) is 11.6 Å². The second-order valence-corrected chi connectivity index (χ2v) is 11.5. The fraction of sp³-hybridized carbons (Fsp3) is 0.0938. The number of rotatable bonds is 10. The van der Waals surface area contributed by atoms with Gasteiger partial charge in [-0.15, -0.1) is 11.8 Å². The number of nitrogens with one attached hydrogen (secondary N) is 3. The van der Waals surface area contributed by atoms with Crippen molar-refractivity contribution < 1.29 is 14.4 Å². The second-order valence-electron chi connectivity index (χ2n) is 8.90. The molecule has 1 atom stereocenters. The number of para-hydroxylation sites is 1. The van der Waals surface area contributed by atoms with E-state index in [1.807, 2.05) is 49.4 Å². The molecule has 9 heteroatoms. The van der Waals surface area contributed by atoms with Crippen LogP contribution in [-0.2, 0) is 9.59 Å². The van der Waals surface area contributed by atoms with Crippen LogP contribution in [0.25, 0.3) is 6.08 Å². The van der Waals surface area contributed by atoms with Crippen molar-refractivity contribution in [3.63, 3.8) is 0 Å². The van der Waals surface area contributed by atoms with Gasteiger partial charge in [0.05, 0.1) is 16.0 Å². The highest BCUT2D eigenvalue weighted by Crippen LogP contribution is 2.30. The number of hydrogen-bond acceptors (Lipinski definition) is 4. The van der Waals surface area contributed by atoms with Crippen molar-refractivity contribution in [1.82, 2.24) is 5.32 Å². The first-order chi connectivity index (χ1) is 19.8. The SMILES string of the molecule is CCC(Sc1cccc(NC(=O)/C(=C\c2cccc(Br)c2)NC(=O)c2ccccc2)c1)C(=O)Nc1ccccc1Cl. The largest absolute Gasteiger partial charge is 0.324 e. The predicted molar refractivity (Wildman–Crippen MR) is 171 cm³/mol. The summed E-state index contributed by atoms with van der Waals surface area (Å²) in [4.78, 5) is 40.1. The fourth-order valence-electron chi connectivity index (χ4n) is 3.81. The van der Waals surface area contributed by atoms with Gasteiger partial charge < -0.3 is 16.0 Å². The number of halogens is 2. The average Bonchev–Trinajstić information content (AvgIpc) is 2.97. The minimum Gasteiger partial charge on any atom is -0.324 e. The molecule has 0 bridgehead atoms. The molecule has 4 aromatic carbocycles. The van der Waals surface area contributed by atoms with E-state index in [0.717, 1.165) is 14.9 Å². The van der Waals surface area contributed by atoms with Gasteiger partial charge in [-0.3, -0.25) is 14.4 Å². The highest BCUT2D eigenvalue weighted by atomic mass is 79.9. The molecule has 4 aromatic rings. The predicted octanol–water partition coefficient (Wildman–Crippen LogP) is 8.02. The van der Waals surface area contributed by atoms with Crippen LogP contribution < -0.4 is 16.0 Å². The Morgan fingerprint density at radius 1 is 0.878 bits per heavy atom. The molecule has 0 aliphatic carbocycles. The third kappa shape index (κ3) is 8.82. The minimum absolute atomic E-state index is 0.0839. The Morgan fingerprint density at radius 2 is 1.61 bits per heavy atom. The zero-order valence-electron chi connectivity index (χ0n) is 22.1. The Morgan fingerprint density at radius 3 is 2.34 bits per heavy atom. The molecule has 4 rings (SSSR count). The van der Waals surface area contributed by atoms with Crippen LogP contribution in [0.4, 0.5) is 11.4 Å². The van der Waals surface area contributed by atoms with Gasteiger partial charge in [-0.2, -0.15) is 0 Å². The monoisotopic (exact) mass is 647 g/mol. The third-order valence-electron chi connectivity index (χ3n) is 5.85. The van der Waals surface area contributed by atoms with Crippen molar-refractivity contribution in [2.45, 2.75) is 23.5 Å². The van der Waals surface area contributed by atoms with Crippen LogP contribution in [0.3, 0.4) is 0 Å². The van der Waals surface area contributed by atoms with Crippen LogP contribution in [-0.4, -0.2) is 23.0 Å². The summed E-state index contributed by atoms with van der Waals surface area (Å²) < 4.78 is 0.842. The lowest BCUT2D eigenvalue weighted by molar-refractivity contribution is -0.116. The average molecular weight is 649 g/mol. The van der Waals surface area contributed by atoms with Crippen LogP contribution in [0.5, 0.6) is 0 Å². The van der Waals surface area contributed by atoms with Crippen LogP contribution >= 0.6 is 39.3 Å². The Labute approximate surface area is 256 Å². The molecule has 0 radical (unpaired) electrons. The van der Waals surface area contributed by atoms with Crippen molar-refractivity contribution in [2.75, 3.05) is 10.6 Å². The maximum atomic E-state index is 13.4. The molecule has 1 unspecified atom stereocenters. The molecular weight excluding hydrogens is 622 g/mol. The molecule has 0 saturated heterocycles. The maximum Gasteiger partial charge on any atom is 0.272 e. The van der Waals surface area contributed by atoms with E-state index in [1.54, 1.807) is 66.7 Å². The van der Waals surface area contributed by atoms with Gasteiger partial charge in [0.15, 0.2) is 0 Å². The summed E-state index contributed by atoms with van der Waals surface area (Å²) in [6.07, 6.45) is 2.20. The van der Waals surface area contributed by atoms with E-state index >= 15 is 0 Å². The van der Waals surface area contributed by atoms with Gasteiger partial charge in [-0.05, 0) is 72.7 Å². The van der Waals surface area contributed by atoms with Gasteiger partial charge in [0.25, 0.3) is 11.8 Å². The third-order valence-corrected chi connectivity index (χ3v) is 8.03. The fourth-order valence-corrected chi connectivity index (χ4v) is 5.43. The summed E-state index contributed by atoms with van der Waals surface area (Å²) in [5, 5.41) is 8.60. The topological polar surface area (TPSA) is 87.3 Å². The van der Waals surface area contributed by atoms with Gasteiger partial charge in [-0.1, -0.05) is 83.0 Å². The van der Waals surface area contributed by atoms with Crippen molar-refractivity contribution >= 4 is 74.5 Å². The standard InChI is InChI=1S/C32H27BrClN3O3S/c1-2-29(32(40)36-27-17-7-6-16-26(27)34)41-25-15-9-14-24(20-25)35-31(39)28(19-21-10-8-13-23(33)18-21)37-30(38)22-11-4-3-5-12-22/h3-20,29H,2H2,1H3,(H,35,39)(H,36,40)(H,37,38)/b28-19+. The molecule has 0 aromatic heterocycles. The molecule has 0 aliphatic rings. The number of carbonyl (C=O) groups excluding carboxylic acids is 3. The van der Waals surface area contributed by atoms with Crippen LogP contribution in [0, 0.1) is 0 Å².